The third-order valence-electron chi connectivity index (χ3n) is 4.58. The van der Waals surface area contributed by atoms with E-state index in [4.69, 9.17) is 4.74 Å². The molecule has 0 spiro atoms. The van der Waals surface area contributed by atoms with Crippen molar-refractivity contribution in [2.75, 3.05) is 13.7 Å². The molecular weight excluding hydrogens is 337 g/mol. The summed E-state index contributed by atoms with van der Waals surface area (Å²) in [5, 5.41) is 5.97. The van der Waals surface area contributed by atoms with Crippen LogP contribution in [0.3, 0.4) is 0 Å². The van der Waals surface area contributed by atoms with Crippen molar-refractivity contribution in [2.24, 2.45) is 5.92 Å². The molecule has 0 amide bonds. The maximum atomic E-state index is 6.34. The Balaban J connectivity index is 1.84. The molecule has 1 N–H and O–H groups in total. The van der Waals surface area contributed by atoms with Gasteiger partial charge in [0, 0.05) is 17.8 Å². The number of hydrogen-bond donors (Lipinski definition) is 1. The molecule has 0 fully saturated rings. The fourth-order valence-corrected chi connectivity index (χ4v) is 4.80. The summed E-state index contributed by atoms with van der Waals surface area (Å²) < 4.78 is 6.34. The van der Waals surface area contributed by atoms with Crippen LogP contribution in [-0.2, 0) is 6.54 Å². The van der Waals surface area contributed by atoms with Crippen LogP contribution in [0.4, 0.5) is 0 Å². The van der Waals surface area contributed by atoms with Crippen LogP contribution in [0.25, 0.3) is 0 Å². The summed E-state index contributed by atoms with van der Waals surface area (Å²) in [7, 11) is 2.60. The highest BCUT2D eigenvalue weighted by atomic mass is 31.1. The molecule has 0 bridgehead atoms. The molecule has 0 saturated carbocycles. The molecule has 2 atom stereocenters. The van der Waals surface area contributed by atoms with Gasteiger partial charge in [-0.15, -0.1) is 0 Å². The van der Waals surface area contributed by atoms with Gasteiger partial charge in [-0.25, -0.2) is 0 Å². The zero-order valence-electron chi connectivity index (χ0n) is 15.9. The van der Waals surface area contributed by atoms with Crippen LogP contribution in [0.15, 0.2) is 60.7 Å². The minimum atomic E-state index is 0.466. The zero-order valence-corrected chi connectivity index (χ0v) is 16.9. The maximum absolute atomic E-state index is 6.34. The van der Waals surface area contributed by atoms with E-state index in [9.17, 15) is 0 Å². The SMILES string of the molecule is CNCc1ccccc1Pc1cc(C)cc(C)c1OCC1C=CC=CC1. The van der Waals surface area contributed by atoms with E-state index in [1.54, 1.807) is 0 Å². The molecule has 3 rings (SSSR count). The normalized spacial score (nSPS) is 16.5. The summed E-state index contributed by atoms with van der Waals surface area (Å²) in [6, 6.07) is 13.2. The largest absolute Gasteiger partial charge is 0.492 e. The lowest BCUT2D eigenvalue weighted by atomic mass is 10.0. The summed E-state index contributed by atoms with van der Waals surface area (Å²) in [4.78, 5) is 0. The van der Waals surface area contributed by atoms with Crippen LogP contribution in [0.2, 0.25) is 0 Å². The fourth-order valence-electron chi connectivity index (χ4n) is 3.32. The number of nitrogens with one attached hydrogen (secondary N) is 1. The Morgan fingerprint density at radius 1 is 1.12 bits per heavy atom. The first-order valence-electron chi connectivity index (χ1n) is 9.24. The van der Waals surface area contributed by atoms with E-state index in [-0.39, 0.29) is 0 Å². The van der Waals surface area contributed by atoms with Crippen LogP contribution in [0.5, 0.6) is 5.75 Å². The standard InChI is InChI=1S/C23H28NOP/c1-17-13-18(2)23(25-16-19-9-5-4-6-10-19)22(14-17)26-21-12-8-7-11-20(21)15-24-3/h4-9,11-14,19,24,26H,10,15-16H2,1-3H3. The van der Waals surface area contributed by atoms with Gasteiger partial charge in [-0.2, -0.15) is 0 Å². The summed E-state index contributed by atoms with van der Waals surface area (Å²) in [6.07, 6.45) is 9.75. The first kappa shape index (κ1) is 18.9. The van der Waals surface area contributed by atoms with E-state index >= 15 is 0 Å². The van der Waals surface area contributed by atoms with Crippen LogP contribution >= 0.6 is 8.58 Å². The van der Waals surface area contributed by atoms with Gasteiger partial charge in [0.2, 0.25) is 0 Å². The van der Waals surface area contributed by atoms with Crippen LogP contribution in [-0.4, -0.2) is 13.7 Å². The van der Waals surface area contributed by atoms with Crippen molar-refractivity contribution >= 4 is 19.2 Å². The van der Waals surface area contributed by atoms with Crippen molar-refractivity contribution in [3.63, 3.8) is 0 Å². The fraction of sp³-hybridized carbons (Fsp3) is 0.304. The molecule has 0 saturated heterocycles. The molecule has 0 radical (unpaired) electrons. The predicted octanol–water partition coefficient (Wildman–Crippen LogP) is 4.16. The second-order valence-corrected chi connectivity index (χ2v) is 8.22. The third kappa shape index (κ3) is 4.84. The van der Waals surface area contributed by atoms with Crippen LogP contribution in [0.1, 0.15) is 23.1 Å². The molecule has 0 aliphatic heterocycles. The van der Waals surface area contributed by atoms with Crippen LogP contribution in [0, 0.1) is 19.8 Å². The summed E-state index contributed by atoms with van der Waals surface area (Å²) in [5.74, 6) is 1.53. The summed E-state index contributed by atoms with van der Waals surface area (Å²) in [5.41, 5.74) is 3.89. The Hall–Kier alpha value is -1.89. The molecule has 2 nitrogen and oxygen atoms in total. The minimum Gasteiger partial charge on any atom is -0.492 e. The van der Waals surface area contributed by atoms with Gasteiger partial charge in [0.15, 0.2) is 0 Å². The summed E-state index contributed by atoms with van der Waals surface area (Å²) >= 11 is 0. The highest BCUT2D eigenvalue weighted by Crippen LogP contribution is 2.27. The molecule has 1 aliphatic carbocycles. The van der Waals surface area contributed by atoms with Gasteiger partial charge >= 0.3 is 0 Å². The van der Waals surface area contributed by atoms with Crippen molar-refractivity contribution < 1.29 is 4.74 Å². The molecule has 26 heavy (non-hydrogen) atoms. The summed E-state index contributed by atoms with van der Waals surface area (Å²) in [6.45, 7) is 5.95. The number of rotatable bonds is 7. The third-order valence-corrected chi connectivity index (χ3v) is 5.98. The Morgan fingerprint density at radius 2 is 1.96 bits per heavy atom. The first-order chi connectivity index (χ1) is 12.7. The molecule has 0 heterocycles. The molecule has 2 aromatic rings. The maximum Gasteiger partial charge on any atom is 0.129 e. The van der Waals surface area contributed by atoms with Gasteiger partial charge in [0.05, 0.1) is 6.61 Å². The molecule has 0 aromatic heterocycles. The highest BCUT2D eigenvalue weighted by molar-refractivity contribution is 7.55. The van der Waals surface area contributed by atoms with Crippen molar-refractivity contribution in [1.29, 1.82) is 0 Å². The number of benzene rings is 2. The lowest BCUT2D eigenvalue weighted by Crippen LogP contribution is -2.18. The molecular formula is C23H28NOP. The second-order valence-electron chi connectivity index (χ2n) is 6.89. The Bertz CT molecular complexity index is 810. The lowest BCUT2D eigenvalue weighted by Gasteiger charge is -2.20. The van der Waals surface area contributed by atoms with Crippen molar-refractivity contribution in [2.45, 2.75) is 26.8 Å². The molecule has 1 aliphatic rings. The van der Waals surface area contributed by atoms with Crippen LogP contribution < -0.4 is 20.7 Å². The lowest BCUT2D eigenvalue weighted by molar-refractivity contribution is 0.276. The van der Waals surface area contributed by atoms with Gasteiger partial charge in [-0.05, 0) is 55.4 Å². The van der Waals surface area contributed by atoms with E-state index < -0.39 is 0 Å². The Morgan fingerprint density at radius 3 is 2.73 bits per heavy atom. The number of ether oxygens (including phenoxy) is 1. The number of aryl methyl sites for hydroxylation is 2. The van der Waals surface area contributed by atoms with Gasteiger partial charge in [-0.1, -0.05) is 63.2 Å². The Kier molecular flexibility index (Phi) is 6.66. The average molecular weight is 365 g/mol. The zero-order chi connectivity index (χ0) is 18.4. The Labute approximate surface area is 159 Å². The average Bonchev–Trinajstić information content (AvgIpc) is 2.63. The smallest absolute Gasteiger partial charge is 0.129 e. The van der Waals surface area contributed by atoms with E-state index in [0.717, 1.165) is 25.3 Å². The van der Waals surface area contributed by atoms with Gasteiger partial charge < -0.3 is 10.1 Å². The highest BCUT2D eigenvalue weighted by Gasteiger charge is 2.14. The van der Waals surface area contributed by atoms with Gasteiger partial charge in [0.25, 0.3) is 0 Å². The van der Waals surface area contributed by atoms with Gasteiger partial charge in [-0.3, -0.25) is 0 Å². The number of hydrogen-bond acceptors (Lipinski definition) is 2. The van der Waals surface area contributed by atoms with E-state index in [1.165, 1.54) is 27.3 Å². The number of allylic oxidation sites excluding steroid dienone is 3. The second kappa shape index (κ2) is 9.16. The molecule has 2 aromatic carbocycles. The predicted molar refractivity (Wildman–Crippen MR) is 115 cm³/mol. The topological polar surface area (TPSA) is 21.3 Å². The van der Waals surface area contributed by atoms with Crippen molar-refractivity contribution in [3.05, 3.63) is 77.4 Å². The quantitative estimate of drug-likeness (QED) is 0.744. The molecule has 136 valence electrons. The van der Waals surface area contributed by atoms with Crippen molar-refractivity contribution in [1.82, 2.24) is 5.32 Å². The minimum absolute atomic E-state index is 0.466. The molecule has 2 unspecified atom stereocenters. The molecule has 3 heteroatoms. The van der Waals surface area contributed by atoms with Gasteiger partial charge in [0.1, 0.15) is 5.75 Å². The monoisotopic (exact) mass is 365 g/mol. The van der Waals surface area contributed by atoms with Crippen molar-refractivity contribution in [3.8, 4) is 5.75 Å². The first-order valence-corrected chi connectivity index (χ1v) is 10.2. The van der Waals surface area contributed by atoms with E-state index in [2.05, 4.69) is 79.9 Å². The van der Waals surface area contributed by atoms with E-state index in [1.807, 2.05) is 7.05 Å². The van der Waals surface area contributed by atoms with E-state index in [0.29, 0.717) is 14.5 Å².